The van der Waals surface area contributed by atoms with E-state index < -0.39 is 0 Å². The van der Waals surface area contributed by atoms with Crippen molar-refractivity contribution in [3.8, 4) is 11.8 Å². The quantitative estimate of drug-likeness (QED) is 0.127. The molecule has 0 amide bonds. The number of hydrogen-bond donors (Lipinski definition) is 0. The maximum absolute atomic E-state index is 7.23. The van der Waals surface area contributed by atoms with Crippen LogP contribution in [0.15, 0.2) is 109 Å². The lowest BCUT2D eigenvalue weighted by Gasteiger charge is -2.41. The molecule has 2 fully saturated rings. The van der Waals surface area contributed by atoms with Crippen molar-refractivity contribution < 1.29 is 9.47 Å². The van der Waals surface area contributed by atoms with Crippen molar-refractivity contribution in [2.45, 2.75) is 89.5 Å². The molecule has 2 aliphatic heterocycles. The maximum Gasteiger partial charge on any atom is 0.242 e. The summed E-state index contributed by atoms with van der Waals surface area (Å²) in [4.78, 5) is 5.29. The van der Waals surface area contributed by atoms with Crippen LogP contribution < -0.4 is 9.47 Å². The highest BCUT2D eigenvalue weighted by Crippen LogP contribution is 2.41. The molecule has 5 aromatic carbocycles. The van der Waals surface area contributed by atoms with Crippen molar-refractivity contribution in [3.63, 3.8) is 0 Å². The number of piperidine rings is 2. The molecule has 6 heteroatoms. The molecule has 268 valence electrons. The van der Waals surface area contributed by atoms with Crippen molar-refractivity contribution in [2.24, 2.45) is 0 Å². The van der Waals surface area contributed by atoms with Crippen molar-refractivity contribution in [3.05, 3.63) is 120 Å². The van der Waals surface area contributed by atoms with E-state index in [0.29, 0.717) is 11.8 Å². The second-order valence-electron chi connectivity index (χ2n) is 14.8. The SMILES string of the molecule is CCCN1CCCC[C@H]1[C@H](Oc1nnc(O[C@H](c2cccc3ccccc23)[C@@H]2CCCCN2CCC)c2ccccc12)c1cccc2ccccc12. The second kappa shape index (κ2) is 16.0. The van der Waals surface area contributed by atoms with Crippen LogP contribution in [0.2, 0.25) is 0 Å². The number of rotatable bonds is 12. The molecule has 0 N–H and O–H groups in total. The van der Waals surface area contributed by atoms with Crippen LogP contribution in [0.1, 0.15) is 88.5 Å². The molecule has 8 rings (SSSR count). The van der Waals surface area contributed by atoms with E-state index in [-0.39, 0.29) is 24.3 Å². The fraction of sp³-hybridized carbons (Fsp3) is 0.391. The molecule has 0 aliphatic carbocycles. The Kier molecular flexibility index (Phi) is 10.6. The predicted molar refractivity (Wildman–Crippen MR) is 213 cm³/mol. The zero-order chi connectivity index (χ0) is 35.3. The van der Waals surface area contributed by atoms with Gasteiger partial charge in [0.15, 0.2) is 0 Å². The number of fused-ring (bicyclic) bond motifs is 3. The smallest absolute Gasteiger partial charge is 0.242 e. The first-order valence-electron chi connectivity index (χ1n) is 19.8. The van der Waals surface area contributed by atoms with Crippen LogP contribution in [0.25, 0.3) is 32.3 Å². The van der Waals surface area contributed by atoms with Crippen molar-refractivity contribution in [1.82, 2.24) is 20.0 Å². The number of ether oxygens (including phenoxy) is 2. The van der Waals surface area contributed by atoms with Gasteiger partial charge in [0.1, 0.15) is 12.2 Å². The molecular weight excluding hydrogens is 641 g/mol. The lowest BCUT2D eigenvalue weighted by atomic mass is 9.89. The maximum atomic E-state index is 7.23. The monoisotopic (exact) mass is 692 g/mol. The minimum atomic E-state index is -0.198. The average molecular weight is 693 g/mol. The normalized spacial score (nSPS) is 19.9. The molecule has 6 nitrogen and oxygen atoms in total. The van der Waals surface area contributed by atoms with Gasteiger partial charge >= 0.3 is 0 Å². The Balaban J connectivity index is 1.21. The summed E-state index contributed by atoms with van der Waals surface area (Å²) in [6.45, 7) is 8.84. The average Bonchev–Trinajstić information content (AvgIpc) is 3.20. The van der Waals surface area contributed by atoms with E-state index in [4.69, 9.17) is 19.7 Å². The summed E-state index contributed by atoms with van der Waals surface area (Å²) in [6.07, 6.45) is 8.84. The van der Waals surface area contributed by atoms with E-state index in [0.717, 1.165) is 62.6 Å². The van der Waals surface area contributed by atoms with Crippen molar-refractivity contribution >= 4 is 32.3 Å². The Bertz CT molecular complexity index is 1950. The number of nitrogens with zero attached hydrogens (tertiary/aromatic N) is 4. The molecule has 2 aliphatic rings. The van der Waals surface area contributed by atoms with Gasteiger partial charge in [-0.05, 0) is 98.4 Å². The first kappa shape index (κ1) is 34.6. The third kappa shape index (κ3) is 6.99. The summed E-state index contributed by atoms with van der Waals surface area (Å²) in [6, 6.07) is 39.4. The topological polar surface area (TPSA) is 50.7 Å². The van der Waals surface area contributed by atoms with Crippen LogP contribution in [0.3, 0.4) is 0 Å². The summed E-state index contributed by atoms with van der Waals surface area (Å²) in [5.41, 5.74) is 2.42. The van der Waals surface area contributed by atoms with Crippen LogP contribution >= 0.6 is 0 Å². The van der Waals surface area contributed by atoms with Gasteiger partial charge in [0, 0.05) is 11.1 Å². The summed E-state index contributed by atoms with van der Waals surface area (Å²) in [5, 5.41) is 16.6. The molecule has 3 heterocycles. The molecule has 4 atom stereocenters. The summed E-state index contributed by atoms with van der Waals surface area (Å²) in [7, 11) is 0. The Morgan fingerprint density at radius 3 is 1.37 bits per heavy atom. The van der Waals surface area contributed by atoms with E-state index in [9.17, 15) is 0 Å². The number of likely N-dealkylation sites (tertiary alicyclic amines) is 2. The van der Waals surface area contributed by atoms with Gasteiger partial charge in [-0.25, -0.2) is 0 Å². The summed E-state index contributed by atoms with van der Waals surface area (Å²) in [5.74, 6) is 1.13. The lowest BCUT2D eigenvalue weighted by Crippen LogP contribution is -2.45. The molecule has 0 spiro atoms. The molecular formula is C46H52N4O2. The molecule has 1 aromatic heterocycles. The number of hydrogen-bond acceptors (Lipinski definition) is 6. The number of benzene rings is 5. The van der Waals surface area contributed by atoms with E-state index in [1.807, 2.05) is 0 Å². The van der Waals surface area contributed by atoms with Gasteiger partial charge in [-0.2, -0.15) is 0 Å². The third-order valence-electron chi connectivity index (χ3n) is 11.4. The zero-order valence-corrected chi connectivity index (χ0v) is 30.8. The Hall–Kier alpha value is -4.52. The van der Waals surface area contributed by atoms with Crippen LogP contribution in [0.5, 0.6) is 11.8 Å². The third-order valence-corrected chi connectivity index (χ3v) is 11.4. The standard InChI is InChI=1S/C46H52N4O2/c1-3-29-49-31-13-11-27-41(49)43(37-25-15-19-33-17-5-7-21-35(33)37)51-45-39-23-9-10-24-40(39)46(48-47-45)52-44(42-28-12-14-32-50(42)30-4-2)38-26-16-20-34-18-6-8-22-36(34)38/h5-10,15-26,41-44H,3-4,11-14,27-32H2,1-2H3/t41-,42-,43+,44+/m0/s1. The first-order valence-corrected chi connectivity index (χ1v) is 19.8. The van der Waals surface area contributed by atoms with Crippen molar-refractivity contribution in [1.29, 1.82) is 0 Å². The molecule has 0 saturated carbocycles. The Morgan fingerprint density at radius 1 is 0.519 bits per heavy atom. The van der Waals surface area contributed by atoms with Crippen LogP contribution in [-0.4, -0.2) is 58.3 Å². The minimum Gasteiger partial charge on any atom is -0.466 e. The Labute approximate surface area is 308 Å². The van der Waals surface area contributed by atoms with Gasteiger partial charge in [-0.15, -0.1) is 10.2 Å². The molecule has 0 radical (unpaired) electrons. The summed E-state index contributed by atoms with van der Waals surface area (Å²) >= 11 is 0. The minimum absolute atomic E-state index is 0.198. The highest BCUT2D eigenvalue weighted by Gasteiger charge is 2.36. The van der Waals surface area contributed by atoms with E-state index in [1.165, 1.54) is 58.4 Å². The van der Waals surface area contributed by atoms with Crippen LogP contribution in [-0.2, 0) is 0 Å². The summed E-state index contributed by atoms with van der Waals surface area (Å²) < 4.78 is 14.5. The van der Waals surface area contributed by atoms with Gasteiger partial charge in [-0.1, -0.05) is 124 Å². The zero-order valence-electron chi connectivity index (χ0n) is 30.8. The van der Waals surface area contributed by atoms with Gasteiger partial charge < -0.3 is 9.47 Å². The Morgan fingerprint density at radius 2 is 0.923 bits per heavy atom. The van der Waals surface area contributed by atoms with E-state index in [2.05, 4.69) is 133 Å². The molecule has 6 aromatic rings. The van der Waals surface area contributed by atoms with Gasteiger partial charge in [0.25, 0.3) is 0 Å². The van der Waals surface area contributed by atoms with Crippen LogP contribution in [0.4, 0.5) is 0 Å². The first-order chi connectivity index (χ1) is 25.7. The fourth-order valence-corrected chi connectivity index (χ4v) is 9.01. The lowest BCUT2D eigenvalue weighted by molar-refractivity contribution is 0.0352. The molecule has 52 heavy (non-hydrogen) atoms. The van der Waals surface area contributed by atoms with E-state index in [1.54, 1.807) is 0 Å². The fourth-order valence-electron chi connectivity index (χ4n) is 9.01. The molecule has 2 saturated heterocycles. The van der Waals surface area contributed by atoms with Gasteiger partial charge in [0.2, 0.25) is 11.8 Å². The highest BCUT2D eigenvalue weighted by molar-refractivity contribution is 5.91. The molecule has 0 unspecified atom stereocenters. The largest absolute Gasteiger partial charge is 0.466 e. The van der Waals surface area contributed by atoms with E-state index >= 15 is 0 Å². The van der Waals surface area contributed by atoms with Crippen molar-refractivity contribution in [2.75, 3.05) is 26.2 Å². The van der Waals surface area contributed by atoms with Gasteiger partial charge in [-0.3, -0.25) is 9.80 Å². The number of aromatic nitrogens is 2. The molecule has 0 bridgehead atoms. The van der Waals surface area contributed by atoms with Crippen LogP contribution in [0, 0.1) is 0 Å². The predicted octanol–water partition coefficient (Wildman–Crippen LogP) is 10.7. The van der Waals surface area contributed by atoms with Gasteiger partial charge in [0.05, 0.1) is 22.9 Å². The second-order valence-corrected chi connectivity index (χ2v) is 14.8. The highest BCUT2D eigenvalue weighted by atomic mass is 16.5.